The van der Waals surface area contributed by atoms with Crippen molar-refractivity contribution in [1.29, 1.82) is 0 Å². The summed E-state index contributed by atoms with van der Waals surface area (Å²) in [5.41, 5.74) is 0.914. The Balaban J connectivity index is 1.45. The van der Waals surface area contributed by atoms with Crippen LogP contribution in [0.2, 0.25) is 0 Å². The molecule has 0 saturated carbocycles. The van der Waals surface area contributed by atoms with Gasteiger partial charge in [0.1, 0.15) is 0 Å². The van der Waals surface area contributed by atoms with Gasteiger partial charge in [-0.05, 0) is 48.1 Å². The van der Waals surface area contributed by atoms with Crippen LogP contribution in [-0.4, -0.2) is 29.9 Å². The van der Waals surface area contributed by atoms with E-state index < -0.39 is 11.7 Å². The summed E-state index contributed by atoms with van der Waals surface area (Å²) in [4.78, 5) is 18.0. The third-order valence-corrected chi connectivity index (χ3v) is 6.43. The first-order valence-corrected chi connectivity index (χ1v) is 11.1. The van der Waals surface area contributed by atoms with E-state index in [1.165, 1.54) is 23.5 Å². The Morgan fingerprint density at radius 1 is 1.00 bits per heavy atom. The van der Waals surface area contributed by atoms with E-state index >= 15 is 0 Å². The Morgan fingerprint density at radius 2 is 1.74 bits per heavy atom. The average molecular weight is 445 g/mol. The van der Waals surface area contributed by atoms with Crippen LogP contribution in [0.25, 0.3) is 0 Å². The third kappa shape index (κ3) is 5.17. The number of amides is 1. The number of rotatable bonds is 5. The van der Waals surface area contributed by atoms with Gasteiger partial charge in [-0.25, -0.2) is 0 Å². The zero-order valence-corrected chi connectivity index (χ0v) is 17.7. The van der Waals surface area contributed by atoms with Gasteiger partial charge in [-0.15, -0.1) is 11.3 Å². The van der Waals surface area contributed by atoms with Gasteiger partial charge in [0.25, 0.3) is 5.91 Å². The highest BCUT2D eigenvalue weighted by Gasteiger charge is 2.32. The van der Waals surface area contributed by atoms with Crippen LogP contribution in [0.5, 0.6) is 0 Å². The first-order chi connectivity index (χ1) is 14.9. The molecule has 2 heterocycles. The number of nitrogens with zero attached hydrogens (tertiary/aromatic N) is 2. The quantitative estimate of drug-likeness (QED) is 0.476. The Kier molecular flexibility index (Phi) is 6.43. The van der Waals surface area contributed by atoms with E-state index in [2.05, 4.69) is 4.90 Å². The van der Waals surface area contributed by atoms with Crippen LogP contribution in [0.4, 0.5) is 18.9 Å². The van der Waals surface area contributed by atoms with E-state index in [-0.39, 0.29) is 11.9 Å². The fourth-order valence-corrected chi connectivity index (χ4v) is 4.70. The van der Waals surface area contributed by atoms with Crippen LogP contribution in [0.1, 0.15) is 33.6 Å². The molecule has 1 aliphatic heterocycles. The molecule has 0 spiro atoms. The predicted octanol–water partition coefficient (Wildman–Crippen LogP) is 6.08. The first-order valence-electron chi connectivity index (χ1n) is 10.2. The number of piperidine rings is 1. The molecule has 7 heteroatoms. The first kappa shape index (κ1) is 21.6. The van der Waals surface area contributed by atoms with Gasteiger partial charge in [-0.2, -0.15) is 13.2 Å². The van der Waals surface area contributed by atoms with Gasteiger partial charge < -0.3 is 4.90 Å². The number of hydrogen-bond acceptors (Lipinski definition) is 3. The molecule has 1 saturated heterocycles. The maximum atomic E-state index is 13.2. The van der Waals surface area contributed by atoms with Crippen LogP contribution in [0, 0.1) is 0 Å². The molecule has 1 aromatic heterocycles. The molecular formula is C24H23F3N2OS. The van der Waals surface area contributed by atoms with Gasteiger partial charge in [0.15, 0.2) is 0 Å². The van der Waals surface area contributed by atoms with Crippen molar-refractivity contribution in [3.05, 3.63) is 88.1 Å². The minimum absolute atomic E-state index is 0.00229. The predicted molar refractivity (Wildman–Crippen MR) is 117 cm³/mol. The molecule has 0 radical (unpaired) electrons. The molecule has 162 valence electrons. The highest BCUT2D eigenvalue weighted by Crippen LogP contribution is 2.31. The molecule has 3 aromatic rings. The highest BCUT2D eigenvalue weighted by atomic mass is 32.1. The zero-order chi connectivity index (χ0) is 21.8. The van der Waals surface area contributed by atoms with Crippen molar-refractivity contribution in [2.24, 2.45) is 0 Å². The van der Waals surface area contributed by atoms with Gasteiger partial charge >= 0.3 is 6.18 Å². The fraction of sp³-hybridized carbons (Fsp3) is 0.292. The van der Waals surface area contributed by atoms with Crippen LogP contribution in [-0.2, 0) is 12.7 Å². The van der Waals surface area contributed by atoms with Gasteiger partial charge in [0, 0.05) is 31.4 Å². The lowest BCUT2D eigenvalue weighted by Gasteiger charge is -2.38. The third-order valence-electron chi connectivity index (χ3n) is 5.57. The number of para-hydroxylation sites is 1. The van der Waals surface area contributed by atoms with Crippen molar-refractivity contribution in [1.82, 2.24) is 4.90 Å². The van der Waals surface area contributed by atoms with Crippen molar-refractivity contribution in [3.63, 3.8) is 0 Å². The Morgan fingerprint density at radius 3 is 2.39 bits per heavy atom. The summed E-state index contributed by atoms with van der Waals surface area (Å²) in [5, 5.41) is 1.90. The molecule has 4 rings (SSSR count). The molecule has 0 aliphatic carbocycles. The van der Waals surface area contributed by atoms with Crippen molar-refractivity contribution >= 4 is 22.9 Å². The number of carbonyl (C=O) groups excluding carboxylic acids is 1. The largest absolute Gasteiger partial charge is 0.416 e. The van der Waals surface area contributed by atoms with Crippen molar-refractivity contribution in [2.75, 3.05) is 18.0 Å². The number of likely N-dealkylation sites (tertiary alicyclic amines) is 1. The van der Waals surface area contributed by atoms with Crippen LogP contribution in [0.15, 0.2) is 72.1 Å². The molecule has 1 amide bonds. The van der Waals surface area contributed by atoms with Crippen LogP contribution in [0.3, 0.4) is 0 Å². The average Bonchev–Trinajstić information content (AvgIpc) is 3.31. The van der Waals surface area contributed by atoms with E-state index in [1.807, 2.05) is 52.7 Å². The second-order valence-corrected chi connectivity index (χ2v) is 8.64. The monoisotopic (exact) mass is 444 g/mol. The summed E-state index contributed by atoms with van der Waals surface area (Å²) in [5.74, 6) is -0.00229. The van der Waals surface area contributed by atoms with Gasteiger partial charge in [-0.3, -0.25) is 9.69 Å². The lowest BCUT2D eigenvalue weighted by molar-refractivity contribution is -0.137. The molecule has 3 nitrogen and oxygen atoms in total. The zero-order valence-electron chi connectivity index (χ0n) is 16.9. The van der Waals surface area contributed by atoms with Crippen molar-refractivity contribution in [2.45, 2.75) is 31.6 Å². The molecule has 0 atom stereocenters. The number of anilines is 1. The standard InChI is InChI=1S/C24H23F3N2OS/c25-24(26,27)19-7-4-6-18(16-19)17-28-13-11-21(12-14-28)29(20-8-2-1-3-9-20)23(30)22-10-5-15-31-22/h1-10,15-16,21H,11-14,17H2. The molecule has 1 aliphatic rings. The molecule has 0 N–H and O–H groups in total. The van der Waals surface area contributed by atoms with Gasteiger partial charge in [0.05, 0.1) is 10.4 Å². The minimum atomic E-state index is -4.33. The summed E-state index contributed by atoms with van der Waals surface area (Å²) in [6, 6.07) is 18.9. The molecule has 0 bridgehead atoms. The Hall–Kier alpha value is -2.64. The Bertz CT molecular complexity index is 997. The van der Waals surface area contributed by atoms with E-state index in [0.29, 0.717) is 17.0 Å². The summed E-state index contributed by atoms with van der Waals surface area (Å²) >= 11 is 1.43. The van der Waals surface area contributed by atoms with E-state index in [9.17, 15) is 18.0 Å². The summed E-state index contributed by atoms with van der Waals surface area (Å²) in [6.45, 7) is 1.92. The molecular weight excluding hydrogens is 421 g/mol. The SMILES string of the molecule is O=C(c1cccs1)N(c1ccccc1)C1CCN(Cc2cccc(C(F)(F)F)c2)CC1. The number of hydrogen-bond donors (Lipinski definition) is 0. The van der Waals surface area contributed by atoms with Gasteiger partial charge in [-0.1, -0.05) is 42.5 Å². The maximum absolute atomic E-state index is 13.2. The highest BCUT2D eigenvalue weighted by molar-refractivity contribution is 7.12. The molecule has 2 aromatic carbocycles. The van der Waals surface area contributed by atoms with Crippen LogP contribution >= 0.6 is 11.3 Å². The van der Waals surface area contributed by atoms with Crippen molar-refractivity contribution < 1.29 is 18.0 Å². The van der Waals surface area contributed by atoms with Gasteiger partial charge in [0.2, 0.25) is 0 Å². The fourth-order valence-electron chi connectivity index (χ4n) is 4.04. The number of benzene rings is 2. The lowest BCUT2D eigenvalue weighted by atomic mass is 10.0. The minimum Gasteiger partial charge on any atom is -0.305 e. The second kappa shape index (κ2) is 9.24. The maximum Gasteiger partial charge on any atom is 0.416 e. The topological polar surface area (TPSA) is 23.6 Å². The number of thiophene rings is 1. The van der Waals surface area contributed by atoms with E-state index in [0.717, 1.165) is 37.7 Å². The lowest BCUT2D eigenvalue weighted by Crippen LogP contribution is -2.47. The Labute approximate surface area is 183 Å². The smallest absolute Gasteiger partial charge is 0.305 e. The molecule has 0 unspecified atom stereocenters. The summed E-state index contributed by atoms with van der Waals surface area (Å²) in [7, 11) is 0. The normalized spacial score (nSPS) is 15.7. The summed E-state index contributed by atoms with van der Waals surface area (Å²) < 4.78 is 39.0. The van der Waals surface area contributed by atoms with E-state index in [1.54, 1.807) is 6.07 Å². The second-order valence-electron chi connectivity index (χ2n) is 7.69. The number of halogens is 3. The number of alkyl halides is 3. The van der Waals surface area contributed by atoms with E-state index in [4.69, 9.17) is 0 Å². The summed E-state index contributed by atoms with van der Waals surface area (Å²) in [6.07, 6.45) is -2.79. The van der Waals surface area contributed by atoms with Crippen LogP contribution < -0.4 is 4.90 Å². The number of carbonyl (C=O) groups is 1. The van der Waals surface area contributed by atoms with Crippen molar-refractivity contribution in [3.8, 4) is 0 Å². The molecule has 31 heavy (non-hydrogen) atoms. The molecule has 1 fully saturated rings.